The van der Waals surface area contributed by atoms with Gasteiger partial charge >= 0.3 is 5.97 Å². The first-order chi connectivity index (χ1) is 11.1. The lowest BCUT2D eigenvalue weighted by molar-refractivity contribution is -0.150. The second-order valence-electron chi connectivity index (χ2n) is 5.06. The smallest absolute Gasteiger partial charge is 0.334 e. The summed E-state index contributed by atoms with van der Waals surface area (Å²) in [6, 6.07) is 8.81. The summed E-state index contributed by atoms with van der Waals surface area (Å²) in [4.78, 5) is 15.4. The SMILES string of the molecule is COc1ccc([C@@H]2N[C@@H](c3ncccc3F)[C@H](C(=O)O)O2)cc1. The molecule has 2 N–H and O–H groups in total. The van der Waals surface area contributed by atoms with Gasteiger partial charge in [-0.1, -0.05) is 12.1 Å². The fourth-order valence-electron chi connectivity index (χ4n) is 2.52. The predicted molar refractivity (Wildman–Crippen MR) is 78.3 cm³/mol. The van der Waals surface area contributed by atoms with Gasteiger partial charge in [0.25, 0.3) is 0 Å². The zero-order valence-corrected chi connectivity index (χ0v) is 12.3. The van der Waals surface area contributed by atoms with Crippen molar-refractivity contribution in [3.8, 4) is 5.75 Å². The number of aromatic nitrogens is 1. The Bertz CT molecular complexity index is 707. The summed E-state index contributed by atoms with van der Waals surface area (Å²) < 4.78 is 24.6. The molecule has 2 aromatic rings. The van der Waals surface area contributed by atoms with Gasteiger partial charge in [-0.25, -0.2) is 9.18 Å². The number of hydrogen-bond acceptors (Lipinski definition) is 5. The third-order valence-electron chi connectivity index (χ3n) is 3.66. The van der Waals surface area contributed by atoms with E-state index < -0.39 is 30.2 Å². The zero-order chi connectivity index (χ0) is 16.4. The number of carboxylic acids is 1. The van der Waals surface area contributed by atoms with E-state index in [0.717, 1.165) is 5.56 Å². The fraction of sp³-hybridized carbons (Fsp3) is 0.250. The number of halogens is 1. The Balaban J connectivity index is 1.89. The molecule has 3 atom stereocenters. The molecule has 1 aliphatic heterocycles. The Kier molecular flexibility index (Phi) is 4.22. The minimum absolute atomic E-state index is 0.0240. The standard InChI is InChI=1S/C16H15FN2O4/c1-22-10-6-4-9(5-7-10)15-19-13(14(23-15)16(20)21)12-11(17)3-2-8-18-12/h2-8,13-15,19H,1H3,(H,20,21)/t13-,14+,15+/m0/s1. The molecule has 3 rings (SSSR count). The summed E-state index contributed by atoms with van der Waals surface area (Å²) in [5.74, 6) is -1.08. The first kappa shape index (κ1) is 15.4. The van der Waals surface area contributed by atoms with E-state index in [0.29, 0.717) is 5.75 Å². The minimum atomic E-state index is -1.23. The Morgan fingerprint density at radius 3 is 2.70 bits per heavy atom. The molecule has 23 heavy (non-hydrogen) atoms. The molecule has 120 valence electrons. The molecule has 1 aliphatic rings. The van der Waals surface area contributed by atoms with Crippen LogP contribution in [0.15, 0.2) is 42.6 Å². The first-order valence-electron chi connectivity index (χ1n) is 6.99. The van der Waals surface area contributed by atoms with Crippen LogP contribution < -0.4 is 10.1 Å². The van der Waals surface area contributed by atoms with Gasteiger partial charge in [0.05, 0.1) is 18.8 Å². The van der Waals surface area contributed by atoms with Crippen LogP contribution in [0.2, 0.25) is 0 Å². The fourth-order valence-corrected chi connectivity index (χ4v) is 2.52. The number of ether oxygens (including phenoxy) is 2. The maximum Gasteiger partial charge on any atom is 0.334 e. The maximum atomic E-state index is 13.9. The van der Waals surface area contributed by atoms with Crippen molar-refractivity contribution < 1.29 is 23.8 Å². The number of rotatable bonds is 4. The molecule has 2 heterocycles. The van der Waals surface area contributed by atoms with Crippen LogP contribution in [0.25, 0.3) is 0 Å². The van der Waals surface area contributed by atoms with Crippen molar-refractivity contribution in [1.82, 2.24) is 10.3 Å². The molecule has 1 fully saturated rings. The number of nitrogens with zero attached hydrogens (tertiary/aromatic N) is 1. The van der Waals surface area contributed by atoms with E-state index in [-0.39, 0.29) is 5.69 Å². The Morgan fingerprint density at radius 2 is 2.09 bits per heavy atom. The highest BCUT2D eigenvalue weighted by molar-refractivity contribution is 5.74. The number of pyridine rings is 1. The number of nitrogens with one attached hydrogen (secondary N) is 1. The van der Waals surface area contributed by atoms with Gasteiger partial charge in [-0.3, -0.25) is 10.3 Å². The van der Waals surface area contributed by atoms with Crippen LogP contribution in [0.1, 0.15) is 23.5 Å². The van der Waals surface area contributed by atoms with E-state index in [9.17, 15) is 14.3 Å². The molecule has 0 radical (unpaired) electrons. The van der Waals surface area contributed by atoms with Crippen molar-refractivity contribution in [2.45, 2.75) is 18.4 Å². The molecular formula is C16H15FN2O4. The molecule has 6 nitrogen and oxygen atoms in total. The summed E-state index contributed by atoms with van der Waals surface area (Å²) in [6.45, 7) is 0. The van der Waals surface area contributed by atoms with Crippen molar-refractivity contribution >= 4 is 5.97 Å². The van der Waals surface area contributed by atoms with Gasteiger partial charge in [-0.2, -0.15) is 0 Å². The van der Waals surface area contributed by atoms with E-state index in [1.54, 1.807) is 31.4 Å². The van der Waals surface area contributed by atoms with Gasteiger partial charge in [0.1, 0.15) is 17.8 Å². The largest absolute Gasteiger partial charge is 0.497 e. The predicted octanol–water partition coefficient (Wildman–Crippen LogP) is 2.04. The summed E-state index contributed by atoms with van der Waals surface area (Å²) >= 11 is 0. The second kappa shape index (κ2) is 6.31. The molecule has 0 aliphatic carbocycles. The number of benzene rings is 1. The highest BCUT2D eigenvalue weighted by Crippen LogP contribution is 2.34. The van der Waals surface area contributed by atoms with E-state index in [2.05, 4.69) is 10.3 Å². The Hall–Kier alpha value is -2.51. The molecule has 0 spiro atoms. The molecule has 1 saturated heterocycles. The number of aliphatic carboxylic acids is 1. The van der Waals surface area contributed by atoms with E-state index in [1.165, 1.54) is 18.3 Å². The Labute approximate surface area is 131 Å². The van der Waals surface area contributed by atoms with Crippen LogP contribution in [0, 0.1) is 5.82 Å². The Morgan fingerprint density at radius 1 is 1.35 bits per heavy atom. The van der Waals surface area contributed by atoms with E-state index >= 15 is 0 Å². The number of hydrogen-bond donors (Lipinski definition) is 2. The van der Waals surface area contributed by atoms with Crippen molar-refractivity contribution in [3.05, 3.63) is 59.7 Å². The van der Waals surface area contributed by atoms with Gasteiger partial charge in [-0.05, 0) is 29.8 Å². The molecule has 0 saturated carbocycles. The third-order valence-corrected chi connectivity index (χ3v) is 3.66. The number of methoxy groups -OCH3 is 1. The number of carboxylic acid groups (broad SMARTS) is 1. The summed E-state index contributed by atoms with van der Waals surface area (Å²) in [5, 5.41) is 12.3. The second-order valence-corrected chi connectivity index (χ2v) is 5.06. The van der Waals surface area contributed by atoms with Crippen LogP contribution in [0.4, 0.5) is 4.39 Å². The summed E-state index contributed by atoms with van der Waals surface area (Å²) in [6.07, 6.45) is -0.486. The lowest BCUT2D eigenvalue weighted by atomic mass is 10.1. The summed E-state index contributed by atoms with van der Waals surface area (Å²) in [7, 11) is 1.56. The molecular weight excluding hydrogens is 303 g/mol. The maximum absolute atomic E-state index is 13.9. The van der Waals surface area contributed by atoms with Crippen molar-refractivity contribution in [3.63, 3.8) is 0 Å². The van der Waals surface area contributed by atoms with E-state index in [4.69, 9.17) is 9.47 Å². The van der Waals surface area contributed by atoms with Gasteiger partial charge in [0, 0.05) is 6.20 Å². The molecule has 1 aromatic heterocycles. The van der Waals surface area contributed by atoms with Crippen molar-refractivity contribution in [1.29, 1.82) is 0 Å². The topological polar surface area (TPSA) is 80.7 Å². The van der Waals surface area contributed by atoms with Gasteiger partial charge in [-0.15, -0.1) is 0 Å². The molecule has 0 amide bonds. The van der Waals surface area contributed by atoms with Gasteiger partial charge in [0.15, 0.2) is 6.10 Å². The number of carbonyl (C=O) groups is 1. The normalized spacial score (nSPS) is 23.7. The third kappa shape index (κ3) is 3.01. The molecule has 1 aromatic carbocycles. The van der Waals surface area contributed by atoms with E-state index in [1.807, 2.05) is 0 Å². The van der Waals surface area contributed by atoms with Gasteiger partial charge < -0.3 is 14.6 Å². The monoisotopic (exact) mass is 318 g/mol. The van der Waals surface area contributed by atoms with Crippen LogP contribution >= 0.6 is 0 Å². The van der Waals surface area contributed by atoms with Crippen LogP contribution in [0.3, 0.4) is 0 Å². The quantitative estimate of drug-likeness (QED) is 0.898. The van der Waals surface area contributed by atoms with Crippen LogP contribution in [-0.2, 0) is 9.53 Å². The molecule has 0 unspecified atom stereocenters. The highest BCUT2D eigenvalue weighted by atomic mass is 19.1. The summed E-state index contributed by atoms with van der Waals surface area (Å²) in [5.41, 5.74) is 0.742. The van der Waals surface area contributed by atoms with Crippen molar-refractivity contribution in [2.24, 2.45) is 0 Å². The average molecular weight is 318 g/mol. The van der Waals surface area contributed by atoms with Crippen LogP contribution in [-0.4, -0.2) is 29.3 Å². The highest BCUT2D eigenvalue weighted by Gasteiger charge is 2.42. The first-order valence-corrected chi connectivity index (χ1v) is 6.99. The lowest BCUT2D eigenvalue weighted by Gasteiger charge is -2.14. The molecule has 0 bridgehead atoms. The van der Waals surface area contributed by atoms with Crippen LogP contribution in [0.5, 0.6) is 5.75 Å². The average Bonchev–Trinajstić information content (AvgIpc) is 3.01. The minimum Gasteiger partial charge on any atom is -0.497 e. The molecule has 7 heteroatoms. The van der Waals surface area contributed by atoms with Gasteiger partial charge in [0.2, 0.25) is 0 Å². The van der Waals surface area contributed by atoms with Crippen molar-refractivity contribution in [2.75, 3.05) is 7.11 Å². The lowest BCUT2D eigenvalue weighted by Crippen LogP contribution is -2.30. The zero-order valence-electron chi connectivity index (χ0n) is 12.3.